The van der Waals surface area contributed by atoms with Gasteiger partial charge in [0, 0.05) is 43.9 Å². The minimum atomic E-state index is -0.313. The second-order valence-corrected chi connectivity index (χ2v) is 6.05. The number of hydrogen-bond donors (Lipinski definition) is 1. The van der Waals surface area contributed by atoms with Gasteiger partial charge in [0.2, 0.25) is 5.91 Å². The molecule has 2 aromatic rings. The van der Waals surface area contributed by atoms with Gasteiger partial charge in [-0.25, -0.2) is 0 Å². The van der Waals surface area contributed by atoms with Gasteiger partial charge in [0.15, 0.2) is 0 Å². The van der Waals surface area contributed by atoms with Gasteiger partial charge < -0.3 is 10.1 Å². The van der Waals surface area contributed by atoms with Crippen LogP contribution in [0.4, 0.5) is 0 Å². The van der Waals surface area contributed by atoms with E-state index >= 15 is 0 Å². The maximum absolute atomic E-state index is 12.8. The van der Waals surface area contributed by atoms with Crippen molar-refractivity contribution in [2.75, 3.05) is 32.8 Å². The molecule has 6 nitrogen and oxygen atoms in total. The Balaban J connectivity index is 1.57. The number of pyridine rings is 2. The average Bonchev–Trinajstić information content (AvgIpc) is 2.68. The van der Waals surface area contributed by atoms with Crippen LogP contribution in [0.5, 0.6) is 0 Å². The first-order valence-corrected chi connectivity index (χ1v) is 8.74. The van der Waals surface area contributed by atoms with Crippen LogP contribution < -0.4 is 5.32 Å². The molecule has 1 atom stereocenters. The average molecular weight is 340 g/mol. The van der Waals surface area contributed by atoms with Gasteiger partial charge in [0.05, 0.1) is 13.2 Å². The van der Waals surface area contributed by atoms with Crippen molar-refractivity contribution in [1.29, 1.82) is 0 Å². The SMILES string of the molecule is O=C(NCCCc1ccccn1)[C@@H](c1cccnc1)N1CCOCC1. The van der Waals surface area contributed by atoms with E-state index in [-0.39, 0.29) is 11.9 Å². The maximum atomic E-state index is 12.8. The van der Waals surface area contributed by atoms with Crippen molar-refractivity contribution in [3.05, 3.63) is 60.2 Å². The lowest BCUT2D eigenvalue weighted by molar-refractivity contribution is -0.128. The van der Waals surface area contributed by atoms with Gasteiger partial charge in [-0.2, -0.15) is 0 Å². The Hall–Kier alpha value is -2.31. The van der Waals surface area contributed by atoms with E-state index in [1.54, 1.807) is 18.6 Å². The van der Waals surface area contributed by atoms with Crippen LogP contribution in [0, 0.1) is 0 Å². The van der Waals surface area contributed by atoms with Crippen molar-refractivity contribution in [1.82, 2.24) is 20.2 Å². The summed E-state index contributed by atoms with van der Waals surface area (Å²) in [5, 5.41) is 3.07. The Morgan fingerprint density at radius 1 is 1.20 bits per heavy atom. The van der Waals surface area contributed by atoms with Crippen molar-refractivity contribution >= 4 is 5.91 Å². The highest BCUT2D eigenvalue weighted by Gasteiger charge is 2.28. The number of hydrogen-bond acceptors (Lipinski definition) is 5. The van der Waals surface area contributed by atoms with E-state index in [1.807, 2.05) is 30.3 Å². The van der Waals surface area contributed by atoms with E-state index in [0.29, 0.717) is 19.8 Å². The first-order chi connectivity index (χ1) is 12.3. The normalized spacial score (nSPS) is 16.3. The molecule has 0 spiro atoms. The minimum absolute atomic E-state index is 0.0240. The van der Waals surface area contributed by atoms with Gasteiger partial charge in [-0.1, -0.05) is 12.1 Å². The fraction of sp³-hybridized carbons (Fsp3) is 0.421. The number of rotatable bonds is 7. The van der Waals surface area contributed by atoms with Crippen LogP contribution in [0.25, 0.3) is 0 Å². The number of nitrogens with one attached hydrogen (secondary N) is 1. The molecule has 0 aliphatic carbocycles. The summed E-state index contributed by atoms with van der Waals surface area (Å²) in [6, 6.07) is 9.42. The van der Waals surface area contributed by atoms with Crippen molar-refractivity contribution in [2.24, 2.45) is 0 Å². The van der Waals surface area contributed by atoms with Gasteiger partial charge in [-0.15, -0.1) is 0 Å². The third-order valence-corrected chi connectivity index (χ3v) is 4.29. The molecule has 2 aromatic heterocycles. The largest absolute Gasteiger partial charge is 0.379 e. The smallest absolute Gasteiger partial charge is 0.242 e. The van der Waals surface area contributed by atoms with Crippen LogP contribution in [0.1, 0.15) is 23.7 Å². The number of nitrogens with zero attached hydrogens (tertiary/aromatic N) is 3. The van der Waals surface area contributed by atoms with Crippen molar-refractivity contribution < 1.29 is 9.53 Å². The molecule has 0 saturated carbocycles. The highest BCUT2D eigenvalue weighted by molar-refractivity contribution is 5.83. The Morgan fingerprint density at radius 2 is 2.08 bits per heavy atom. The van der Waals surface area contributed by atoms with E-state index in [0.717, 1.165) is 37.2 Å². The zero-order valence-electron chi connectivity index (χ0n) is 14.3. The molecule has 0 bridgehead atoms. The summed E-state index contributed by atoms with van der Waals surface area (Å²) in [6.45, 7) is 3.45. The molecular formula is C19H24N4O2. The lowest BCUT2D eigenvalue weighted by Crippen LogP contribution is -2.46. The van der Waals surface area contributed by atoms with Crippen molar-refractivity contribution in [3.8, 4) is 0 Å². The predicted molar refractivity (Wildman–Crippen MR) is 94.9 cm³/mol. The summed E-state index contributed by atoms with van der Waals surface area (Å²) < 4.78 is 5.42. The molecule has 3 rings (SSSR count). The zero-order chi connectivity index (χ0) is 17.3. The monoisotopic (exact) mass is 340 g/mol. The topological polar surface area (TPSA) is 67.4 Å². The molecule has 1 saturated heterocycles. The standard InChI is InChI=1S/C19H24N4O2/c24-19(22-10-4-7-17-6-1-2-9-21-17)18(16-5-3-8-20-15-16)23-11-13-25-14-12-23/h1-3,5-6,8-9,15,18H,4,7,10-14H2,(H,22,24)/t18-/m1/s1. The molecule has 132 valence electrons. The molecule has 1 aliphatic heterocycles. The molecular weight excluding hydrogens is 316 g/mol. The molecule has 1 aliphatic rings. The van der Waals surface area contributed by atoms with Gasteiger partial charge in [-0.3, -0.25) is 19.7 Å². The summed E-state index contributed by atoms with van der Waals surface area (Å²) in [5.41, 5.74) is 1.97. The number of carbonyl (C=O) groups excluding carboxylic acids is 1. The third kappa shape index (κ3) is 5.08. The highest BCUT2D eigenvalue weighted by Crippen LogP contribution is 2.21. The number of morpholine rings is 1. The lowest BCUT2D eigenvalue weighted by atomic mass is 10.1. The number of aryl methyl sites for hydroxylation is 1. The van der Waals surface area contributed by atoms with Crippen LogP contribution >= 0.6 is 0 Å². The molecule has 1 amide bonds. The molecule has 6 heteroatoms. The predicted octanol–water partition coefficient (Wildman–Crippen LogP) is 1.60. The van der Waals surface area contributed by atoms with Gasteiger partial charge in [0.1, 0.15) is 6.04 Å². The second kappa shape index (κ2) is 9.25. The summed E-state index contributed by atoms with van der Waals surface area (Å²) in [4.78, 5) is 23.5. The molecule has 0 aromatic carbocycles. The number of carbonyl (C=O) groups is 1. The lowest BCUT2D eigenvalue weighted by Gasteiger charge is -2.33. The van der Waals surface area contributed by atoms with E-state index in [2.05, 4.69) is 20.2 Å². The number of amides is 1. The second-order valence-electron chi connectivity index (χ2n) is 6.05. The van der Waals surface area contributed by atoms with Crippen LogP contribution in [0.2, 0.25) is 0 Å². The summed E-state index contributed by atoms with van der Waals surface area (Å²) in [6.07, 6.45) is 7.02. The van der Waals surface area contributed by atoms with Crippen molar-refractivity contribution in [3.63, 3.8) is 0 Å². The molecule has 3 heterocycles. The summed E-state index contributed by atoms with van der Waals surface area (Å²) in [5.74, 6) is 0.0240. The summed E-state index contributed by atoms with van der Waals surface area (Å²) in [7, 11) is 0. The summed E-state index contributed by atoms with van der Waals surface area (Å²) >= 11 is 0. The zero-order valence-corrected chi connectivity index (χ0v) is 14.3. The van der Waals surface area contributed by atoms with Crippen molar-refractivity contribution in [2.45, 2.75) is 18.9 Å². The Kier molecular flexibility index (Phi) is 6.48. The van der Waals surface area contributed by atoms with Crippen LogP contribution in [-0.2, 0) is 16.0 Å². The quantitative estimate of drug-likeness (QED) is 0.776. The molecule has 1 fully saturated rings. The Morgan fingerprint density at radius 3 is 2.80 bits per heavy atom. The third-order valence-electron chi connectivity index (χ3n) is 4.29. The molecule has 1 N–H and O–H groups in total. The Labute approximate surface area is 148 Å². The van der Waals surface area contributed by atoms with Gasteiger partial charge in [-0.05, 0) is 36.6 Å². The Bertz CT molecular complexity index is 645. The fourth-order valence-corrected chi connectivity index (χ4v) is 3.03. The number of aromatic nitrogens is 2. The maximum Gasteiger partial charge on any atom is 0.242 e. The highest BCUT2D eigenvalue weighted by atomic mass is 16.5. The van der Waals surface area contributed by atoms with Crippen LogP contribution in [0.15, 0.2) is 48.9 Å². The minimum Gasteiger partial charge on any atom is -0.379 e. The van der Waals surface area contributed by atoms with E-state index in [4.69, 9.17) is 4.74 Å². The van der Waals surface area contributed by atoms with Gasteiger partial charge in [0.25, 0.3) is 0 Å². The molecule has 25 heavy (non-hydrogen) atoms. The first kappa shape index (κ1) is 17.5. The van der Waals surface area contributed by atoms with E-state index in [9.17, 15) is 4.79 Å². The van der Waals surface area contributed by atoms with Crippen LogP contribution in [-0.4, -0.2) is 53.6 Å². The number of ether oxygens (including phenoxy) is 1. The van der Waals surface area contributed by atoms with Crippen LogP contribution in [0.3, 0.4) is 0 Å². The van der Waals surface area contributed by atoms with E-state index < -0.39 is 0 Å². The van der Waals surface area contributed by atoms with Gasteiger partial charge >= 0.3 is 0 Å². The molecule has 0 radical (unpaired) electrons. The molecule has 0 unspecified atom stereocenters. The van der Waals surface area contributed by atoms with E-state index in [1.165, 1.54) is 0 Å². The first-order valence-electron chi connectivity index (χ1n) is 8.74. The fourth-order valence-electron chi connectivity index (χ4n) is 3.03.